The van der Waals surface area contributed by atoms with Crippen molar-refractivity contribution in [2.75, 3.05) is 25.1 Å². The lowest BCUT2D eigenvalue weighted by Crippen LogP contribution is -2.25. The van der Waals surface area contributed by atoms with E-state index >= 15 is 0 Å². The van der Waals surface area contributed by atoms with E-state index in [-0.39, 0.29) is 47.5 Å². The molecule has 0 bridgehead atoms. The molecule has 0 radical (unpaired) electrons. The Hall–Kier alpha value is -3.73. The van der Waals surface area contributed by atoms with Crippen molar-refractivity contribution in [1.82, 2.24) is 9.78 Å². The molecule has 34 heavy (non-hydrogen) atoms. The Kier molecular flexibility index (Phi) is 8.36. The second-order valence-electron chi connectivity index (χ2n) is 6.92. The van der Waals surface area contributed by atoms with E-state index in [9.17, 15) is 19.2 Å². The average Bonchev–Trinajstić information content (AvgIpc) is 3.23. The normalized spacial score (nSPS) is 10.7. The highest BCUT2D eigenvalue weighted by atomic mass is 32.1. The Balaban J connectivity index is 2.03. The maximum absolute atomic E-state index is 13.4. The summed E-state index contributed by atoms with van der Waals surface area (Å²) in [5, 5.41) is 9.14. The standard InChI is InChI=1S/C23H25N3O7S/c1-4-31-15-9-7-14(8-10-15)26-22(29)19-16(20(25-26)23(30)33-6-3)13-34-21(19)24-17(27)11-12-18(28)32-5-2/h7-10,13H,4-6,11-12H2,1-3H3,(H,24,27). The third kappa shape index (κ3) is 5.60. The summed E-state index contributed by atoms with van der Waals surface area (Å²) in [6, 6.07) is 6.66. The number of anilines is 1. The van der Waals surface area contributed by atoms with Crippen LogP contribution in [0.25, 0.3) is 16.5 Å². The minimum absolute atomic E-state index is 0.0476. The Bertz CT molecular complexity index is 1250. The van der Waals surface area contributed by atoms with Crippen LogP contribution in [-0.4, -0.2) is 47.4 Å². The van der Waals surface area contributed by atoms with Gasteiger partial charge in [-0.2, -0.15) is 9.78 Å². The van der Waals surface area contributed by atoms with Gasteiger partial charge in [-0.05, 0) is 45.0 Å². The van der Waals surface area contributed by atoms with Crippen molar-refractivity contribution in [2.24, 2.45) is 0 Å². The number of esters is 2. The van der Waals surface area contributed by atoms with Gasteiger partial charge in [0.25, 0.3) is 5.56 Å². The molecular formula is C23H25N3O7S. The second-order valence-corrected chi connectivity index (χ2v) is 7.80. The van der Waals surface area contributed by atoms with Gasteiger partial charge in [0.2, 0.25) is 5.91 Å². The highest BCUT2D eigenvalue weighted by Crippen LogP contribution is 2.31. The molecule has 0 spiro atoms. The maximum Gasteiger partial charge on any atom is 0.359 e. The predicted octanol–water partition coefficient (Wildman–Crippen LogP) is 3.30. The zero-order valence-electron chi connectivity index (χ0n) is 19.1. The van der Waals surface area contributed by atoms with Crippen LogP contribution in [0.4, 0.5) is 5.00 Å². The first-order valence-electron chi connectivity index (χ1n) is 10.8. The van der Waals surface area contributed by atoms with Gasteiger partial charge in [-0.15, -0.1) is 11.3 Å². The monoisotopic (exact) mass is 487 g/mol. The lowest BCUT2D eigenvalue weighted by Gasteiger charge is -2.10. The summed E-state index contributed by atoms with van der Waals surface area (Å²) in [4.78, 5) is 49.9. The molecule has 0 saturated heterocycles. The van der Waals surface area contributed by atoms with Crippen molar-refractivity contribution in [1.29, 1.82) is 0 Å². The number of aromatic nitrogens is 2. The van der Waals surface area contributed by atoms with Gasteiger partial charge in [-0.3, -0.25) is 14.4 Å². The molecule has 1 amide bonds. The fraction of sp³-hybridized carbons (Fsp3) is 0.348. The molecule has 3 aromatic rings. The fourth-order valence-corrected chi connectivity index (χ4v) is 4.11. The zero-order valence-corrected chi connectivity index (χ0v) is 19.9. The van der Waals surface area contributed by atoms with Crippen molar-refractivity contribution in [3.05, 3.63) is 45.7 Å². The molecule has 10 nitrogen and oxygen atoms in total. The van der Waals surface area contributed by atoms with Crippen LogP contribution in [0.1, 0.15) is 44.1 Å². The lowest BCUT2D eigenvalue weighted by atomic mass is 10.2. The van der Waals surface area contributed by atoms with E-state index in [1.165, 1.54) is 0 Å². The summed E-state index contributed by atoms with van der Waals surface area (Å²) in [5.41, 5.74) is -0.158. The smallest absolute Gasteiger partial charge is 0.359 e. The average molecular weight is 488 g/mol. The van der Waals surface area contributed by atoms with E-state index < -0.39 is 23.4 Å². The summed E-state index contributed by atoms with van der Waals surface area (Å²) < 4.78 is 16.5. The van der Waals surface area contributed by atoms with E-state index in [0.29, 0.717) is 18.0 Å². The molecule has 3 rings (SSSR count). The van der Waals surface area contributed by atoms with Crippen LogP contribution in [0.15, 0.2) is 34.4 Å². The molecule has 1 aromatic carbocycles. The maximum atomic E-state index is 13.4. The van der Waals surface area contributed by atoms with Crippen LogP contribution in [0.3, 0.4) is 0 Å². The number of fused-ring (bicyclic) bond motifs is 1. The third-order valence-electron chi connectivity index (χ3n) is 4.63. The number of nitrogens with one attached hydrogen (secondary N) is 1. The van der Waals surface area contributed by atoms with Crippen LogP contribution in [-0.2, 0) is 19.1 Å². The Morgan fingerprint density at radius 2 is 1.71 bits per heavy atom. The third-order valence-corrected chi connectivity index (χ3v) is 5.52. The van der Waals surface area contributed by atoms with E-state index in [0.717, 1.165) is 16.0 Å². The zero-order chi connectivity index (χ0) is 24.7. The summed E-state index contributed by atoms with van der Waals surface area (Å²) in [5.74, 6) is -1.01. The van der Waals surface area contributed by atoms with Crippen LogP contribution in [0.5, 0.6) is 5.75 Å². The minimum Gasteiger partial charge on any atom is -0.494 e. The van der Waals surface area contributed by atoms with E-state index in [1.54, 1.807) is 43.5 Å². The molecule has 0 unspecified atom stereocenters. The van der Waals surface area contributed by atoms with Gasteiger partial charge >= 0.3 is 11.9 Å². The van der Waals surface area contributed by atoms with Gasteiger partial charge < -0.3 is 19.5 Å². The number of thiophene rings is 1. The summed E-state index contributed by atoms with van der Waals surface area (Å²) >= 11 is 1.08. The Morgan fingerprint density at radius 1 is 1.00 bits per heavy atom. The summed E-state index contributed by atoms with van der Waals surface area (Å²) in [7, 11) is 0. The second kappa shape index (κ2) is 11.4. The van der Waals surface area contributed by atoms with E-state index in [4.69, 9.17) is 14.2 Å². The number of hydrogen-bond donors (Lipinski definition) is 1. The predicted molar refractivity (Wildman–Crippen MR) is 127 cm³/mol. The van der Waals surface area contributed by atoms with Crippen molar-refractivity contribution in [3.8, 4) is 11.4 Å². The van der Waals surface area contributed by atoms with Gasteiger partial charge in [0.15, 0.2) is 5.69 Å². The van der Waals surface area contributed by atoms with Crippen LogP contribution >= 0.6 is 11.3 Å². The molecule has 0 aliphatic heterocycles. The van der Waals surface area contributed by atoms with E-state index in [2.05, 4.69) is 10.4 Å². The van der Waals surface area contributed by atoms with Gasteiger partial charge in [-0.1, -0.05) is 0 Å². The fourth-order valence-electron chi connectivity index (χ4n) is 3.16. The van der Waals surface area contributed by atoms with Crippen molar-refractivity contribution in [3.63, 3.8) is 0 Å². The molecule has 0 aliphatic rings. The number of hydrogen-bond acceptors (Lipinski definition) is 9. The first kappa shape index (κ1) is 24.9. The highest BCUT2D eigenvalue weighted by molar-refractivity contribution is 7.16. The van der Waals surface area contributed by atoms with Crippen LogP contribution in [0, 0.1) is 0 Å². The number of carbonyl (C=O) groups is 3. The first-order chi connectivity index (χ1) is 16.4. The molecule has 1 N–H and O–H groups in total. The summed E-state index contributed by atoms with van der Waals surface area (Å²) in [6.45, 7) is 6.06. The first-order valence-corrected chi connectivity index (χ1v) is 11.7. The lowest BCUT2D eigenvalue weighted by molar-refractivity contribution is -0.144. The minimum atomic E-state index is -0.690. The molecule has 2 heterocycles. The van der Waals surface area contributed by atoms with E-state index in [1.807, 2.05) is 6.92 Å². The molecule has 0 fully saturated rings. The highest BCUT2D eigenvalue weighted by Gasteiger charge is 2.23. The molecule has 0 aliphatic carbocycles. The molecule has 11 heteroatoms. The van der Waals surface area contributed by atoms with Gasteiger partial charge in [-0.25, -0.2) is 4.79 Å². The number of nitrogens with zero attached hydrogens (tertiary/aromatic N) is 2. The SMILES string of the molecule is CCOC(=O)CCC(=O)Nc1scc2c(C(=O)OCC)nn(-c3ccc(OCC)cc3)c(=O)c12. The molecular weight excluding hydrogens is 462 g/mol. The van der Waals surface area contributed by atoms with Crippen LogP contribution in [0.2, 0.25) is 0 Å². The molecule has 180 valence electrons. The number of carbonyl (C=O) groups excluding carboxylic acids is 3. The largest absolute Gasteiger partial charge is 0.494 e. The quantitative estimate of drug-likeness (QED) is 0.432. The molecule has 0 saturated carbocycles. The summed E-state index contributed by atoms with van der Waals surface area (Å²) in [6.07, 6.45) is -0.198. The number of ether oxygens (including phenoxy) is 3. The van der Waals surface area contributed by atoms with Crippen LogP contribution < -0.4 is 15.6 Å². The van der Waals surface area contributed by atoms with Crippen molar-refractivity contribution < 1.29 is 28.6 Å². The Morgan fingerprint density at radius 3 is 2.35 bits per heavy atom. The van der Waals surface area contributed by atoms with Crippen molar-refractivity contribution in [2.45, 2.75) is 33.6 Å². The Labute approximate surface area is 199 Å². The van der Waals surface area contributed by atoms with Gasteiger partial charge in [0.1, 0.15) is 10.8 Å². The van der Waals surface area contributed by atoms with Crippen molar-refractivity contribution >= 4 is 45.0 Å². The van der Waals surface area contributed by atoms with Gasteiger partial charge in [0.05, 0.1) is 37.3 Å². The van der Waals surface area contributed by atoms with Gasteiger partial charge in [0, 0.05) is 17.2 Å². The number of rotatable bonds is 10. The number of amides is 1. The molecule has 0 atom stereocenters. The topological polar surface area (TPSA) is 126 Å². The number of benzene rings is 1. The molecule has 2 aromatic heterocycles.